The number of carbonyl (C=O) groups excluding carboxylic acids is 2. The van der Waals surface area contributed by atoms with Gasteiger partial charge in [-0.15, -0.1) is 0 Å². The largest absolute Gasteiger partial charge is 0.269 e. The Balaban J connectivity index is 1.95. The van der Waals surface area contributed by atoms with Crippen LogP contribution in [0.25, 0.3) is 0 Å². The lowest BCUT2D eigenvalue weighted by molar-refractivity contribution is -0.143. The summed E-state index contributed by atoms with van der Waals surface area (Å²) < 4.78 is 0. The highest BCUT2D eigenvalue weighted by Gasteiger charge is 2.52. The van der Waals surface area contributed by atoms with E-state index in [-0.39, 0.29) is 17.4 Å². The Labute approximate surface area is 82.8 Å². The minimum atomic E-state index is -0.0995. The molecule has 0 atom stereocenters. The van der Waals surface area contributed by atoms with Crippen LogP contribution in [-0.4, -0.2) is 22.3 Å². The average Bonchev–Trinajstić information content (AvgIpc) is 2.81. The van der Waals surface area contributed by atoms with Crippen LogP contribution in [0, 0.1) is 5.92 Å². The Bertz CT molecular complexity index is 319. The molecule has 0 aromatic rings. The normalized spacial score (nSPS) is 40.3. The first kappa shape index (κ1) is 8.21. The molecule has 14 heavy (non-hydrogen) atoms. The molecule has 2 bridgehead atoms. The molecular weight excluding hydrogens is 178 g/mol. The maximum absolute atomic E-state index is 11.6. The second-order valence-corrected chi connectivity index (χ2v) is 4.72. The van der Waals surface area contributed by atoms with Crippen LogP contribution in [0.4, 0.5) is 0 Å². The summed E-state index contributed by atoms with van der Waals surface area (Å²) in [5.74, 6) is 0.561. The number of amides is 2. The average molecular weight is 191 g/mol. The molecule has 0 saturated heterocycles. The van der Waals surface area contributed by atoms with Gasteiger partial charge in [0.1, 0.15) is 0 Å². The molecule has 1 aliphatic heterocycles. The molecule has 0 unspecified atom stereocenters. The minimum absolute atomic E-state index is 0.0949. The Kier molecular flexibility index (Phi) is 1.45. The topological polar surface area (TPSA) is 37.4 Å². The number of nitrogens with zero attached hydrogens (tertiary/aromatic N) is 1. The predicted octanol–water partition coefficient (Wildman–Crippen LogP) is 1.24. The van der Waals surface area contributed by atoms with Crippen LogP contribution < -0.4 is 0 Å². The smallest absolute Gasteiger partial charge is 0.254 e. The van der Waals surface area contributed by atoms with Crippen molar-refractivity contribution < 1.29 is 9.59 Å². The molecule has 3 heteroatoms. The standard InChI is InChI=1S/C11H13NO2/c13-9-1-2-10(14)12(9)11-5-3-8(7-11)4-6-11/h1-2,8H,3-7H2. The Morgan fingerprint density at radius 2 is 1.71 bits per heavy atom. The molecule has 0 radical (unpaired) electrons. The van der Waals surface area contributed by atoms with E-state index in [1.807, 2.05) is 0 Å². The quantitative estimate of drug-likeness (QED) is 0.585. The summed E-state index contributed by atoms with van der Waals surface area (Å²) in [5, 5.41) is 0. The first-order valence-electron chi connectivity index (χ1n) is 5.28. The van der Waals surface area contributed by atoms with Gasteiger partial charge in [0.2, 0.25) is 0 Å². The van der Waals surface area contributed by atoms with Crippen LogP contribution in [0.1, 0.15) is 32.1 Å². The first-order valence-corrected chi connectivity index (χ1v) is 5.28. The Morgan fingerprint density at radius 1 is 1.14 bits per heavy atom. The second kappa shape index (κ2) is 2.47. The third kappa shape index (κ3) is 0.873. The number of fused-ring (bicyclic) bond motifs is 2. The van der Waals surface area contributed by atoms with Gasteiger partial charge in [0.05, 0.1) is 5.54 Å². The van der Waals surface area contributed by atoms with Crippen LogP contribution >= 0.6 is 0 Å². The number of rotatable bonds is 1. The lowest BCUT2D eigenvalue weighted by Crippen LogP contribution is -2.49. The van der Waals surface area contributed by atoms with Crippen molar-refractivity contribution in [2.75, 3.05) is 0 Å². The summed E-state index contributed by atoms with van der Waals surface area (Å²) in [4.78, 5) is 24.7. The molecule has 2 amide bonds. The Hall–Kier alpha value is -1.12. The lowest BCUT2D eigenvalue weighted by Gasteiger charge is -2.35. The van der Waals surface area contributed by atoms with Crippen molar-refractivity contribution in [2.24, 2.45) is 5.92 Å². The number of hydrogen-bond donors (Lipinski definition) is 0. The maximum Gasteiger partial charge on any atom is 0.254 e. The molecule has 2 saturated carbocycles. The van der Waals surface area contributed by atoms with Crippen molar-refractivity contribution in [3.8, 4) is 0 Å². The lowest BCUT2D eigenvalue weighted by atomic mass is 9.92. The zero-order valence-electron chi connectivity index (χ0n) is 8.03. The van der Waals surface area contributed by atoms with Crippen LogP contribution in [0.3, 0.4) is 0 Å². The van der Waals surface area contributed by atoms with Crippen molar-refractivity contribution in [1.82, 2.24) is 4.90 Å². The molecule has 0 aromatic heterocycles. The zero-order valence-corrected chi connectivity index (χ0v) is 8.03. The van der Waals surface area contributed by atoms with Crippen molar-refractivity contribution in [3.63, 3.8) is 0 Å². The molecule has 2 aliphatic carbocycles. The highest BCUT2D eigenvalue weighted by Crippen LogP contribution is 2.51. The molecule has 0 N–H and O–H groups in total. The summed E-state index contributed by atoms with van der Waals surface area (Å²) in [6.45, 7) is 0. The van der Waals surface area contributed by atoms with Gasteiger partial charge >= 0.3 is 0 Å². The fourth-order valence-electron chi connectivity index (χ4n) is 3.34. The maximum atomic E-state index is 11.6. The fourth-order valence-corrected chi connectivity index (χ4v) is 3.34. The molecule has 0 aromatic carbocycles. The Morgan fingerprint density at radius 3 is 2.14 bits per heavy atom. The molecule has 3 aliphatic rings. The third-order valence-electron chi connectivity index (χ3n) is 3.99. The van der Waals surface area contributed by atoms with Crippen LogP contribution in [0.15, 0.2) is 12.2 Å². The first-order chi connectivity index (χ1) is 6.71. The fraction of sp³-hybridized carbons (Fsp3) is 0.636. The van der Waals surface area contributed by atoms with Gasteiger partial charge in [0.25, 0.3) is 11.8 Å². The SMILES string of the molecule is O=C1C=CC(=O)N1C12CCC(CC1)C2. The summed E-state index contributed by atoms with van der Waals surface area (Å²) in [7, 11) is 0. The van der Waals surface area contributed by atoms with Gasteiger partial charge < -0.3 is 0 Å². The van der Waals surface area contributed by atoms with E-state index in [0.29, 0.717) is 0 Å². The van der Waals surface area contributed by atoms with Gasteiger partial charge in [-0.3, -0.25) is 14.5 Å². The highest BCUT2D eigenvalue weighted by atomic mass is 16.2. The predicted molar refractivity (Wildman–Crippen MR) is 50.3 cm³/mol. The minimum Gasteiger partial charge on any atom is -0.269 e. The summed E-state index contributed by atoms with van der Waals surface area (Å²) >= 11 is 0. The van der Waals surface area contributed by atoms with E-state index in [2.05, 4.69) is 0 Å². The van der Waals surface area contributed by atoms with Crippen LogP contribution in [-0.2, 0) is 9.59 Å². The summed E-state index contributed by atoms with van der Waals surface area (Å²) in [6.07, 6.45) is 8.29. The van der Waals surface area contributed by atoms with Gasteiger partial charge in [-0.05, 0) is 38.0 Å². The number of carbonyl (C=O) groups is 2. The van der Waals surface area contributed by atoms with E-state index in [1.165, 1.54) is 29.9 Å². The van der Waals surface area contributed by atoms with E-state index in [4.69, 9.17) is 0 Å². The molecule has 3 rings (SSSR count). The van der Waals surface area contributed by atoms with Gasteiger partial charge in [-0.25, -0.2) is 0 Å². The van der Waals surface area contributed by atoms with E-state index >= 15 is 0 Å². The van der Waals surface area contributed by atoms with Crippen LogP contribution in [0.2, 0.25) is 0 Å². The molecule has 74 valence electrons. The number of hydrogen-bond acceptors (Lipinski definition) is 2. The van der Waals surface area contributed by atoms with Gasteiger partial charge in [-0.2, -0.15) is 0 Å². The van der Waals surface area contributed by atoms with E-state index in [1.54, 1.807) is 0 Å². The van der Waals surface area contributed by atoms with E-state index in [9.17, 15) is 9.59 Å². The molecule has 1 heterocycles. The second-order valence-electron chi connectivity index (χ2n) is 4.72. The highest BCUT2D eigenvalue weighted by molar-refractivity contribution is 6.13. The van der Waals surface area contributed by atoms with Gasteiger partial charge in [-0.1, -0.05) is 0 Å². The van der Waals surface area contributed by atoms with E-state index in [0.717, 1.165) is 25.2 Å². The molecular formula is C11H13NO2. The molecule has 3 nitrogen and oxygen atoms in total. The molecule has 2 fully saturated rings. The zero-order chi connectivity index (χ0) is 9.76. The van der Waals surface area contributed by atoms with Crippen molar-refractivity contribution in [2.45, 2.75) is 37.6 Å². The van der Waals surface area contributed by atoms with Crippen molar-refractivity contribution in [1.29, 1.82) is 0 Å². The van der Waals surface area contributed by atoms with E-state index < -0.39 is 0 Å². The van der Waals surface area contributed by atoms with Crippen molar-refractivity contribution >= 4 is 11.8 Å². The summed E-state index contributed by atoms with van der Waals surface area (Å²) in [6, 6.07) is 0. The van der Waals surface area contributed by atoms with Gasteiger partial charge in [0.15, 0.2) is 0 Å². The third-order valence-corrected chi connectivity index (χ3v) is 3.99. The van der Waals surface area contributed by atoms with Crippen molar-refractivity contribution in [3.05, 3.63) is 12.2 Å². The number of imide groups is 1. The van der Waals surface area contributed by atoms with Crippen LogP contribution in [0.5, 0.6) is 0 Å². The van der Waals surface area contributed by atoms with Gasteiger partial charge in [0, 0.05) is 12.2 Å². The molecule has 0 spiro atoms. The monoisotopic (exact) mass is 191 g/mol. The summed E-state index contributed by atoms with van der Waals surface area (Å²) in [5.41, 5.74) is -0.0949.